The van der Waals surface area contributed by atoms with Crippen LogP contribution in [-0.2, 0) is 18.8 Å². The summed E-state index contributed by atoms with van der Waals surface area (Å²) in [6.45, 7) is 6.80. The zero-order valence-electron chi connectivity index (χ0n) is 18.4. The van der Waals surface area contributed by atoms with E-state index in [1.165, 1.54) is 0 Å². The third kappa shape index (κ3) is 3.22. The lowest BCUT2D eigenvalue weighted by atomic mass is 9.94. The van der Waals surface area contributed by atoms with Crippen LogP contribution in [0.1, 0.15) is 56.0 Å². The fraction of sp³-hybridized carbons (Fsp3) is 0.500. The average molecular weight is 442 g/mol. The van der Waals surface area contributed by atoms with Crippen LogP contribution in [0.2, 0.25) is 0 Å². The summed E-state index contributed by atoms with van der Waals surface area (Å²) in [7, 11) is 3.55. The van der Waals surface area contributed by atoms with Crippen LogP contribution < -0.4 is 11.2 Å². The van der Waals surface area contributed by atoms with Crippen molar-refractivity contribution in [2.24, 2.45) is 19.1 Å². The van der Waals surface area contributed by atoms with Crippen molar-refractivity contribution in [3.8, 4) is 0 Å². The Morgan fingerprint density at radius 1 is 1.19 bits per heavy atom. The van der Waals surface area contributed by atoms with Crippen molar-refractivity contribution >= 4 is 33.7 Å². The number of hydrogen-bond acceptors (Lipinski definition) is 5. The highest BCUT2D eigenvalue weighted by Crippen LogP contribution is 2.45. The third-order valence-corrected chi connectivity index (χ3v) is 7.56. The second-order valence-electron chi connectivity index (χ2n) is 9.08. The van der Waals surface area contributed by atoms with Gasteiger partial charge in [0.05, 0.1) is 38.5 Å². The minimum absolute atomic E-state index is 0.0620. The molecule has 8 nitrogen and oxygen atoms in total. The zero-order valence-corrected chi connectivity index (χ0v) is 19.2. The van der Waals surface area contributed by atoms with Crippen LogP contribution in [0.15, 0.2) is 32.8 Å². The number of ether oxygens (including phenoxy) is 1. The van der Waals surface area contributed by atoms with Gasteiger partial charge >= 0.3 is 5.69 Å². The normalized spacial score (nSPS) is 23.1. The highest BCUT2D eigenvalue weighted by molar-refractivity contribution is 8.14. The quantitative estimate of drug-likeness (QED) is 0.661. The molecule has 0 saturated carbocycles. The Morgan fingerprint density at radius 2 is 1.94 bits per heavy atom. The fourth-order valence-electron chi connectivity index (χ4n) is 4.82. The van der Waals surface area contributed by atoms with Crippen LogP contribution in [0.4, 0.5) is 5.82 Å². The average Bonchev–Trinajstić information content (AvgIpc) is 3.16. The Balaban J connectivity index is 1.63. The van der Waals surface area contributed by atoms with Gasteiger partial charge in [0.15, 0.2) is 5.82 Å². The Morgan fingerprint density at radius 3 is 2.68 bits per heavy atom. The summed E-state index contributed by atoms with van der Waals surface area (Å²) in [5, 5.41) is 3.81. The van der Waals surface area contributed by atoms with Gasteiger partial charge in [0.1, 0.15) is 0 Å². The number of fused-ring (bicyclic) bond motifs is 2. The number of aromatic nitrogens is 4. The van der Waals surface area contributed by atoms with Crippen LogP contribution in [0.25, 0.3) is 11.0 Å². The molecule has 2 aliphatic heterocycles. The molecule has 1 N–H and O–H groups in total. The van der Waals surface area contributed by atoms with Gasteiger partial charge in [-0.15, -0.1) is 0 Å². The van der Waals surface area contributed by atoms with Gasteiger partial charge < -0.3 is 4.74 Å². The molecule has 2 atom stereocenters. The maximum atomic E-state index is 13.1. The Bertz CT molecular complexity index is 1340. The summed E-state index contributed by atoms with van der Waals surface area (Å²) in [5.74, 6) is 0.719. The minimum Gasteiger partial charge on any atom is -0.375 e. The Hall–Kier alpha value is -2.52. The topological polar surface area (TPSA) is 86.3 Å². The molecule has 9 heteroatoms. The maximum absolute atomic E-state index is 13.1. The van der Waals surface area contributed by atoms with Gasteiger partial charge in [-0.25, -0.2) is 9.79 Å². The molecule has 4 heterocycles. The summed E-state index contributed by atoms with van der Waals surface area (Å²) in [5.41, 5.74) is 3.00. The van der Waals surface area contributed by atoms with E-state index in [0.29, 0.717) is 12.2 Å². The van der Waals surface area contributed by atoms with Crippen LogP contribution in [0.3, 0.4) is 0 Å². The summed E-state index contributed by atoms with van der Waals surface area (Å²) in [4.78, 5) is 30.2. The molecule has 5 rings (SSSR count). The van der Waals surface area contributed by atoms with Gasteiger partial charge in [0.25, 0.3) is 5.56 Å². The van der Waals surface area contributed by atoms with Gasteiger partial charge in [-0.1, -0.05) is 17.8 Å². The molecule has 0 spiro atoms. The summed E-state index contributed by atoms with van der Waals surface area (Å²) in [6.07, 6.45) is 1.65. The van der Waals surface area contributed by atoms with Crippen LogP contribution >= 0.6 is 11.8 Å². The number of nitrogens with zero attached hydrogens (tertiary/aromatic N) is 4. The van der Waals surface area contributed by atoms with E-state index in [0.717, 1.165) is 40.3 Å². The number of nitrogens with one attached hydrogen (secondary N) is 1. The Kier molecular flexibility index (Phi) is 4.60. The summed E-state index contributed by atoms with van der Waals surface area (Å²) >= 11 is 1.58. The Labute approximate surface area is 183 Å². The fourth-order valence-corrected chi connectivity index (χ4v) is 5.91. The number of imidazole rings is 1. The molecule has 0 radical (unpaired) electrons. The lowest BCUT2D eigenvalue weighted by Crippen LogP contribution is -2.35. The first-order valence-electron chi connectivity index (χ1n) is 10.5. The molecular formula is C22H27N5O3S. The number of hydrogen-bond donors (Lipinski definition) is 1. The molecule has 31 heavy (non-hydrogen) atoms. The van der Waals surface area contributed by atoms with Gasteiger partial charge in [-0.2, -0.15) is 0 Å². The van der Waals surface area contributed by atoms with E-state index in [4.69, 9.17) is 9.73 Å². The van der Waals surface area contributed by atoms with Crippen molar-refractivity contribution in [1.82, 2.24) is 18.9 Å². The number of H-pyrrole nitrogens is 1. The van der Waals surface area contributed by atoms with Crippen molar-refractivity contribution in [3.63, 3.8) is 0 Å². The molecule has 1 saturated heterocycles. The molecule has 1 fully saturated rings. The van der Waals surface area contributed by atoms with E-state index in [1.54, 1.807) is 35.0 Å². The molecule has 0 unspecified atom stereocenters. The number of aromatic amines is 1. The van der Waals surface area contributed by atoms with Crippen LogP contribution in [0, 0.1) is 0 Å². The third-order valence-electron chi connectivity index (χ3n) is 6.38. The predicted octanol–water partition coefficient (Wildman–Crippen LogP) is 3.38. The molecule has 2 aromatic heterocycles. The van der Waals surface area contributed by atoms with E-state index in [9.17, 15) is 9.59 Å². The SMILES string of the molecule is CC1=Nc2c(c(=O)[nH]n2[C@@H]2CCOC(C)(C)C2)[C@H](c2ccc3c(c2)n(C)c(=O)n3C)S1. The van der Waals surface area contributed by atoms with Gasteiger partial charge in [-0.3, -0.25) is 23.7 Å². The lowest BCUT2D eigenvalue weighted by molar-refractivity contribution is -0.0705. The molecule has 0 bridgehead atoms. The van der Waals surface area contributed by atoms with Gasteiger partial charge in [0, 0.05) is 20.7 Å². The van der Waals surface area contributed by atoms with Crippen LogP contribution in [0.5, 0.6) is 0 Å². The number of benzene rings is 1. The molecule has 2 aliphatic rings. The molecule has 0 aliphatic carbocycles. The van der Waals surface area contributed by atoms with Crippen molar-refractivity contribution in [2.45, 2.75) is 50.5 Å². The lowest BCUT2D eigenvalue weighted by Gasteiger charge is -2.36. The minimum atomic E-state index is -0.234. The zero-order chi connectivity index (χ0) is 22.1. The molecule has 1 aromatic carbocycles. The number of aliphatic imine (C=N–C) groups is 1. The monoisotopic (exact) mass is 441 g/mol. The van der Waals surface area contributed by atoms with Gasteiger partial charge in [0.2, 0.25) is 0 Å². The van der Waals surface area contributed by atoms with E-state index in [-0.39, 0.29) is 28.1 Å². The number of rotatable bonds is 2. The summed E-state index contributed by atoms with van der Waals surface area (Å²) in [6, 6.07) is 6.12. The van der Waals surface area contributed by atoms with E-state index >= 15 is 0 Å². The highest BCUT2D eigenvalue weighted by Gasteiger charge is 2.36. The second-order valence-corrected chi connectivity index (χ2v) is 10.4. The van der Waals surface area contributed by atoms with E-state index < -0.39 is 0 Å². The van der Waals surface area contributed by atoms with Gasteiger partial charge in [-0.05, 0) is 51.3 Å². The van der Waals surface area contributed by atoms with E-state index in [1.807, 2.05) is 29.8 Å². The molecule has 164 valence electrons. The van der Waals surface area contributed by atoms with Crippen molar-refractivity contribution in [3.05, 3.63) is 50.2 Å². The number of aryl methyl sites for hydroxylation is 2. The highest BCUT2D eigenvalue weighted by atomic mass is 32.2. The molecule has 3 aromatic rings. The number of thioether (sulfide) groups is 1. The molecular weight excluding hydrogens is 414 g/mol. The van der Waals surface area contributed by atoms with Crippen molar-refractivity contribution in [1.29, 1.82) is 0 Å². The van der Waals surface area contributed by atoms with Crippen LogP contribution in [-0.4, -0.2) is 36.2 Å². The first-order valence-corrected chi connectivity index (χ1v) is 11.4. The molecule has 0 amide bonds. The first kappa shape index (κ1) is 20.4. The maximum Gasteiger partial charge on any atom is 0.328 e. The first-order chi connectivity index (χ1) is 14.7. The van der Waals surface area contributed by atoms with Crippen molar-refractivity contribution in [2.75, 3.05) is 6.61 Å². The van der Waals surface area contributed by atoms with E-state index in [2.05, 4.69) is 18.9 Å². The van der Waals surface area contributed by atoms with Crippen molar-refractivity contribution < 1.29 is 4.74 Å². The summed E-state index contributed by atoms with van der Waals surface area (Å²) < 4.78 is 11.1. The predicted molar refractivity (Wildman–Crippen MR) is 124 cm³/mol. The second kappa shape index (κ2) is 7.00. The largest absolute Gasteiger partial charge is 0.375 e. The smallest absolute Gasteiger partial charge is 0.328 e. The standard InChI is InChI=1S/C22H27N5O3S/c1-12-23-19-17(20(28)24-27(19)14-8-9-30-22(2,3)11-14)18(31-12)13-6-7-15-16(10-13)26(5)21(29)25(15)4/h6-7,10,14,18H,8-9,11H2,1-5H3,(H,24,28)/t14-,18+/m1/s1.